The Morgan fingerprint density at radius 3 is 2.89 bits per heavy atom. The van der Waals surface area contributed by atoms with Crippen molar-refractivity contribution in [3.05, 3.63) is 35.4 Å². The van der Waals surface area contributed by atoms with Gasteiger partial charge in [-0.15, -0.1) is 0 Å². The van der Waals surface area contributed by atoms with Gasteiger partial charge in [-0.2, -0.15) is 0 Å². The van der Waals surface area contributed by atoms with E-state index in [2.05, 4.69) is 41.5 Å². The van der Waals surface area contributed by atoms with E-state index in [1.54, 1.807) is 11.1 Å². The lowest BCUT2D eigenvalue weighted by atomic mass is 9.99. The van der Waals surface area contributed by atoms with Crippen LogP contribution >= 0.6 is 0 Å². The van der Waals surface area contributed by atoms with E-state index in [9.17, 15) is 0 Å². The predicted octanol–water partition coefficient (Wildman–Crippen LogP) is 3.14. The van der Waals surface area contributed by atoms with Crippen molar-refractivity contribution in [3.63, 3.8) is 0 Å². The van der Waals surface area contributed by atoms with Gasteiger partial charge >= 0.3 is 0 Å². The third-order valence-electron chi connectivity index (χ3n) is 4.89. The minimum Gasteiger partial charge on any atom is -0.308 e. The highest BCUT2D eigenvalue weighted by Crippen LogP contribution is 2.28. The van der Waals surface area contributed by atoms with Crippen molar-refractivity contribution in [2.45, 2.75) is 50.6 Å². The van der Waals surface area contributed by atoms with Crippen LogP contribution in [0.2, 0.25) is 0 Å². The van der Waals surface area contributed by atoms with Crippen LogP contribution < -0.4 is 5.32 Å². The summed E-state index contributed by atoms with van der Waals surface area (Å²) in [5.41, 5.74) is 3.12. The Morgan fingerprint density at radius 2 is 2.05 bits per heavy atom. The molecule has 0 saturated carbocycles. The molecular formula is C17H26N2. The number of nitrogens with zero attached hydrogens (tertiary/aromatic N) is 1. The lowest BCUT2D eigenvalue weighted by Crippen LogP contribution is -2.37. The molecule has 1 aliphatic carbocycles. The van der Waals surface area contributed by atoms with E-state index in [0.29, 0.717) is 6.04 Å². The SMILES string of the molecule is CN1CCCC1CNC1CCCCc2ccccc21. The monoisotopic (exact) mass is 258 g/mol. The number of nitrogens with one attached hydrogen (secondary N) is 1. The van der Waals surface area contributed by atoms with Crippen LogP contribution in [-0.2, 0) is 6.42 Å². The van der Waals surface area contributed by atoms with Crippen molar-refractivity contribution in [2.24, 2.45) is 0 Å². The molecule has 2 aliphatic rings. The summed E-state index contributed by atoms with van der Waals surface area (Å²) < 4.78 is 0. The standard InChI is InChI=1S/C17H26N2/c1-19-12-6-9-15(19)13-18-17-11-5-3-8-14-7-2-4-10-16(14)17/h2,4,7,10,15,17-18H,3,5-6,8-9,11-13H2,1H3. The van der Waals surface area contributed by atoms with Gasteiger partial charge in [0, 0.05) is 18.6 Å². The largest absolute Gasteiger partial charge is 0.308 e. The Morgan fingerprint density at radius 1 is 1.16 bits per heavy atom. The maximum absolute atomic E-state index is 3.85. The van der Waals surface area contributed by atoms with Crippen molar-refractivity contribution >= 4 is 0 Å². The number of likely N-dealkylation sites (N-methyl/N-ethyl adjacent to an activating group) is 1. The van der Waals surface area contributed by atoms with Gasteiger partial charge in [-0.25, -0.2) is 0 Å². The highest BCUT2D eigenvalue weighted by atomic mass is 15.2. The van der Waals surface area contributed by atoms with Gasteiger partial charge in [0.2, 0.25) is 0 Å². The van der Waals surface area contributed by atoms with E-state index in [4.69, 9.17) is 0 Å². The van der Waals surface area contributed by atoms with Gasteiger partial charge in [-0.1, -0.05) is 30.7 Å². The van der Waals surface area contributed by atoms with Gasteiger partial charge in [-0.3, -0.25) is 0 Å². The summed E-state index contributed by atoms with van der Waals surface area (Å²) in [6.45, 7) is 2.42. The van der Waals surface area contributed by atoms with E-state index >= 15 is 0 Å². The van der Waals surface area contributed by atoms with Crippen LogP contribution in [0.5, 0.6) is 0 Å². The molecule has 3 rings (SSSR count). The molecule has 1 aromatic rings. The summed E-state index contributed by atoms with van der Waals surface area (Å²) in [4.78, 5) is 2.51. The van der Waals surface area contributed by atoms with Crippen molar-refractivity contribution in [1.29, 1.82) is 0 Å². The molecule has 0 aromatic heterocycles. The topological polar surface area (TPSA) is 15.3 Å². The zero-order valence-electron chi connectivity index (χ0n) is 12.1. The highest BCUT2D eigenvalue weighted by Gasteiger charge is 2.23. The van der Waals surface area contributed by atoms with Crippen molar-refractivity contribution in [1.82, 2.24) is 10.2 Å². The number of benzene rings is 1. The lowest BCUT2D eigenvalue weighted by molar-refractivity contribution is 0.289. The molecule has 0 spiro atoms. The molecule has 0 amide bonds. The zero-order chi connectivity index (χ0) is 13.1. The Bertz CT molecular complexity index is 415. The summed E-state index contributed by atoms with van der Waals surface area (Å²) in [5.74, 6) is 0. The molecule has 2 heteroatoms. The van der Waals surface area contributed by atoms with Crippen LogP contribution in [0.4, 0.5) is 0 Å². The minimum absolute atomic E-state index is 0.577. The van der Waals surface area contributed by atoms with Crippen molar-refractivity contribution < 1.29 is 0 Å². The summed E-state index contributed by atoms with van der Waals surface area (Å²) in [5, 5.41) is 3.85. The van der Waals surface area contributed by atoms with Gasteiger partial charge in [0.25, 0.3) is 0 Å². The summed E-state index contributed by atoms with van der Waals surface area (Å²) in [6, 6.07) is 10.4. The zero-order valence-corrected chi connectivity index (χ0v) is 12.1. The third kappa shape index (κ3) is 3.01. The van der Waals surface area contributed by atoms with Gasteiger partial charge in [0.05, 0.1) is 0 Å². The molecule has 0 radical (unpaired) electrons. The van der Waals surface area contributed by atoms with Crippen LogP contribution in [0.15, 0.2) is 24.3 Å². The second-order valence-corrected chi connectivity index (χ2v) is 6.18. The molecule has 1 aromatic carbocycles. The first-order valence-corrected chi connectivity index (χ1v) is 7.86. The van der Waals surface area contributed by atoms with Gasteiger partial charge in [0.15, 0.2) is 0 Å². The predicted molar refractivity (Wildman–Crippen MR) is 80.4 cm³/mol. The molecule has 2 nitrogen and oxygen atoms in total. The minimum atomic E-state index is 0.577. The first-order valence-electron chi connectivity index (χ1n) is 7.86. The molecule has 1 saturated heterocycles. The van der Waals surface area contributed by atoms with Gasteiger partial charge in [0.1, 0.15) is 0 Å². The van der Waals surface area contributed by atoms with E-state index in [1.165, 1.54) is 45.1 Å². The molecular weight excluding hydrogens is 232 g/mol. The van der Waals surface area contributed by atoms with Gasteiger partial charge in [-0.05, 0) is 56.8 Å². The number of hydrogen-bond acceptors (Lipinski definition) is 2. The second-order valence-electron chi connectivity index (χ2n) is 6.18. The number of fused-ring (bicyclic) bond motifs is 1. The van der Waals surface area contributed by atoms with Crippen molar-refractivity contribution in [3.8, 4) is 0 Å². The summed E-state index contributed by atoms with van der Waals surface area (Å²) in [6.07, 6.45) is 7.98. The van der Waals surface area contributed by atoms with E-state index in [1.807, 2.05) is 0 Å². The smallest absolute Gasteiger partial charge is 0.0323 e. The quantitative estimate of drug-likeness (QED) is 0.838. The van der Waals surface area contributed by atoms with E-state index in [0.717, 1.165) is 12.6 Å². The molecule has 19 heavy (non-hydrogen) atoms. The number of hydrogen-bond donors (Lipinski definition) is 1. The molecule has 1 heterocycles. The normalized spacial score (nSPS) is 28.1. The average molecular weight is 258 g/mol. The van der Waals surface area contributed by atoms with E-state index in [-0.39, 0.29) is 0 Å². The molecule has 2 atom stereocenters. The Labute approximate surface area is 117 Å². The van der Waals surface area contributed by atoms with Crippen LogP contribution in [0.25, 0.3) is 0 Å². The average Bonchev–Trinajstić information content (AvgIpc) is 2.73. The summed E-state index contributed by atoms with van der Waals surface area (Å²) >= 11 is 0. The lowest BCUT2D eigenvalue weighted by Gasteiger charge is -2.25. The Balaban J connectivity index is 1.67. The van der Waals surface area contributed by atoms with Crippen LogP contribution in [0.3, 0.4) is 0 Å². The molecule has 2 unspecified atom stereocenters. The number of aryl methyl sites for hydroxylation is 1. The number of rotatable bonds is 3. The fraction of sp³-hybridized carbons (Fsp3) is 0.647. The Kier molecular flexibility index (Phi) is 4.19. The molecule has 1 fully saturated rings. The van der Waals surface area contributed by atoms with Crippen LogP contribution in [0, 0.1) is 0 Å². The molecule has 1 aliphatic heterocycles. The van der Waals surface area contributed by atoms with Crippen molar-refractivity contribution in [2.75, 3.05) is 20.1 Å². The second kappa shape index (κ2) is 6.06. The third-order valence-corrected chi connectivity index (χ3v) is 4.89. The first kappa shape index (κ1) is 13.1. The first-order chi connectivity index (χ1) is 9.34. The maximum Gasteiger partial charge on any atom is 0.0323 e. The molecule has 1 N–H and O–H groups in total. The highest BCUT2D eigenvalue weighted by molar-refractivity contribution is 5.31. The maximum atomic E-state index is 3.85. The fourth-order valence-electron chi connectivity index (χ4n) is 3.65. The molecule has 104 valence electrons. The van der Waals surface area contributed by atoms with Crippen LogP contribution in [-0.4, -0.2) is 31.1 Å². The van der Waals surface area contributed by atoms with Crippen LogP contribution in [0.1, 0.15) is 49.3 Å². The van der Waals surface area contributed by atoms with E-state index < -0.39 is 0 Å². The molecule has 0 bridgehead atoms. The van der Waals surface area contributed by atoms with Gasteiger partial charge < -0.3 is 10.2 Å². The Hall–Kier alpha value is -0.860. The summed E-state index contributed by atoms with van der Waals surface area (Å²) in [7, 11) is 2.26. The number of likely N-dealkylation sites (tertiary alicyclic amines) is 1. The fourth-order valence-corrected chi connectivity index (χ4v) is 3.65.